The van der Waals surface area contributed by atoms with Crippen LogP contribution in [0, 0.1) is 10.1 Å². The molecule has 35 heavy (non-hydrogen) atoms. The summed E-state index contributed by atoms with van der Waals surface area (Å²) < 4.78 is 32.4. The summed E-state index contributed by atoms with van der Waals surface area (Å²) in [4.78, 5) is 35.7. The van der Waals surface area contributed by atoms with E-state index in [2.05, 4.69) is 0 Å². The largest absolute Gasteiger partial charge is 0.463 e. The third-order valence-corrected chi connectivity index (χ3v) is 7.29. The Morgan fingerprint density at radius 2 is 1.57 bits per heavy atom. The molecule has 3 aromatic carbocycles. The summed E-state index contributed by atoms with van der Waals surface area (Å²) in [5, 5.41) is 11.6. The van der Waals surface area contributed by atoms with Crippen molar-refractivity contribution in [1.82, 2.24) is 0 Å². The first-order chi connectivity index (χ1) is 16.6. The van der Waals surface area contributed by atoms with Crippen LogP contribution in [0.1, 0.15) is 15.9 Å². The molecule has 4 rings (SSSR count). The van der Waals surface area contributed by atoms with Crippen LogP contribution in [-0.2, 0) is 9.84 Å². The maximum absolute atomic E-state index is 13.5. The van der Waals surface area contributed by atoms with E-state index in [1.807, 2.05) is 0 Å². The smallest absolute Gasteiger partial charge is 0.269 e. The Balaban J connectivity index is 1.93. The van der Waals surface area contributed by atoms with E-state index in [0.717, 1.165) is 36.6 Å². The minimum atomic E-state index is -4.46. The van der Waals surface area contributed by atoms with Crippen LogP contribution in [0.15, 0.2) is 92.0 Å². The lowest BCUT2D eigenvalue weighted by molar-refractivity contribution is -0.384. The number of nitro benzene ring substituents is 1. The van der Waals surface area contributed by atoms with E-state index in [4.69, 9.17) is 27.6 Å². The molecule has 0 unspecified atom stereocenters. The number of fused-ring (bicyclic) bond motifs is 1. The molecule has 4 aromatic rings. The molecule has 176 valence electrons. The molecule has 0 aliphatic rings. The molecule has 0 amide bonds. The van der Waals surface area contributed by atoms with Gasteiger partial charge in [0.15, 0.2) is 5.43 Å². The predicted octanol–water partition coefficient (Wildman–Crippen LogP) is 5.71. The Labute approximate surface area is 208 Å². The Morgan fingerprint density at radius 3 is 2.20 bits per heavy atom. The van der Waals surface area contributed by atoms with Crippen molar-refractivity contribution in [2.24, 2.45) is 0 Å². The molecule has 0 aliphatic carbocycles. The molecule has 1 aromatic heterocycles. The van der Waals surface area contributed by atoms with Gasteiger partial charge >= 0.3 is 0 Å². The van der Waals surface area contributed by atoms with E-state index in [9.17, 15) is 28.1 Å². The quantitative estimate of drug-likeness (QED) is 0.135. The van der Waals surface area contributed by atoms with Crippen LogP contribution < -0.4 is 5.43 Å². The highest BCUT2D eigenvalue weighted by Crippen LogP contribution is 2.27. The van der Waals surface area contributed by atoms with Crippen molar-refractivity contribution < 1.29 is 22.6 Å². The van der Waals surface area contributed by atoms with Crippen LogP contribution in [0.3, 0.4) is 0 Å². The standard InChI is InChI=1S/C24H13Cl2NO7S/c25-16-3-8-19(9-4-16)35(32,33)22(24(29)14-1-6-18(7-2-14)27(30)31)11-15-13-34-21-10-5-17(26)12-20(21)23(15)28/h1-13H/b22-11+. The number of ketones is 1. The number of hydrogen-bond acceptors (Lipinski definition) is 7. The highest BCUT2D eigenvalue weighted by atomic mass is 35.5. The number of nitrogens with zero attached hydrogens (tertiary/aromatic N) is 1. The van der Waals surface area contributed by atoms with Crippen molar-refractivity contribution in [2.45, 2.75) is 4.90 Å². The Morgan fingerprint density at radius 1 is 0.943 bits per heavy atom. The van der Waals surface area contributed by atoms with Crippen molar-refractivity contribution in [3.63, 3.8) is 0 Å². The highest BCUT2D eigenvalue weighted by Gasteiger charge is 2.29. The molecule has 0 saturated carbocycles. The van der Waals surface area contributed by atoms with E-state index in [0.29, 0.717) is 0 Å². The molecule has 1 heterocycles. The van der Waals surface area contributed by atoms with E-state index >= 15 is 0 Å². The fourth-order valence-electron chi connectivity index (χ4n) is 3.24. The average molecular weight is 530 g/mol. The molecule has 0 atom stereocenters. The number of halogens is 2. The second kappa shape index (κ2) is 9.46. The van der Waals surface area contributed by atoms with Gasteiger partial charge < -0.3 is 4.42 Å². The first-order valence-electron chi connectivity index (χ1n) is 9.80. The summed E-state index contributed by atoms with van der Waals surface area (Å²) >= 11 is 11.8. The van der Waals surface area contributed by atoms with Gasteiger partial charge in [-0.25, -0.2) is 8.42 Å². The number of non-ortho nitro benzene ring substituents is 1. The third-order valence-electron chi connectivity index (χ3n) is 5.03. The van der Waals surface area contributed by atoms with E-state index in [-0.39, 0.29) is 42.7 Å². The lowest BCUT2D eigenvalue weighted by atomic mass is 10.1. The summed E-state index contributed by atoms with van der Waals surface area (Å²) in [5.41, 5.74) is -0.996. The van der Waals surface area contributed by atoms with Gasteiger partial charge in [-0.05, 0) is 60.7 Å². The number of Topliss-reactive ketones (excluding diaryl/α,β-unsaturated/α-hetero) is 1. The zero-order chi connectivity index (χ0) is 25.3. The number of sulfone groups is 1. The van der Waals surface area contributed by atoms with Gasteiger partial charge in [-0.1, -0.05) is 23.2 Å². The van der Waals surface area contributed by atoms with Crippen molar-refractivity contribution in [3.8, 4) is 0 Å². The molecule has 0 bridgehead atoms. The second-order valence-electron chi connectivity index (χ2n) is 7.26. The van der Waals surface area contributed by atoms with Crippen LogP contribution >= 0.6 is 23.2 Å². The van der Waals surface area contributed by atoms with Crippen molar-refractivity contribution in [2.75, 3.05) is 0 Å². The number of nitro groups is 1. The third kappa shape index (κ3) is 4.88. The molecule has 0 saturated heterocycles. The number of carbonyl (C=O) groups is 1. The van der Waals surface area contributed by atoms with Gasteiger partial charge in [-0.15, -0.1) is 0 Å². The lowest BCUT2D eigenvalue weighted by Gasteiger charge is -2.10. The molecule has 11 heteroatoms. The molecule has 0 radical (unpaired) electrons. The minimum Gasteiger partial charge on any atom is -0.463 e. The molecular weight excluding hydrogens is 517 g/mol. The Hall–Kier alpha value is -3.79. The van der Waals surface area contributed by atoms with Crippen molar-refractivity contribution in [1.29, 1.82) is 0 Å². The van der Waals surface area contributed by atoms with Crippen LogP contribution in [0.2, 0.25) is 10.0 Å². The number of hydrogen-bond donors (Lipinski definition) is 0. The fraction of sp³-hybridized carbons (Fsp3) is 0. The van der Waals surface area contributed by atoms with Crippen LogP contribution in [0.4, 0.5) is 5.69 Å². The minimum absolute atomic E-state index is 0.0947. The predicted molar refractivity (Wildman–Crippen MR) is 132 cm³/mol. The summed E-state index contributed by atoms with van der Waals surface area (Å²) in [7, 11) is -4.46. The van der Waals surface area contributed by atoms with Crippen molar-refractivity contribution in [3.05, 3.63) is 119 Å². The lowest BCUT2D eigenvalue weighted by Crippen LogP contribution is -2.16. The fourth-order valence-corrected chi connectivity index (χ4v) is 4.93. The average Bonchev–Trinajstić information content (AvgIpc) is 2.84. The van der Waals surface area contributed by atoms with Gasteiger partial charge in [0.2, 0.25) is 15.6 Å². The summed E-state index contributed by atoms with van der Waals surface area (Å²) in [6.45, 7) is 0. The maximum atomic E-state index is 13.5. The van der Waals surface area contributed by atoms with Gasteiger partial charge in [-0.3, -0.25) is 19.7 Å². The molecule has 0 spiro atoms. The van der Waals surface area contributed by atoms with Gasteiger partial charge in [0.05, 0.1) is 20.8 Å². The number of benzene rings is 3. The summed E-state index contributed by atoms with van der Waals surface area (Å²) in [5.74, 6) is -0.972. The maximum Gasteiger partial charge on any atom is 0.269 e. The molecule has 0 N–H and O–H groups in total. The SMILES string of the molecule is O=C(/C(=C\c1coc2ccc(Cl)cc2c1=O)S(=O)(=O)c1ccc(Cl)cc1)c1ccc([N+](=O)[O-])cc1. The normalized spacial score (nSPS) is 12.0. The number of carbonyl (C=O) groups excluding carboxylic acids is 1. The van der Waals surface area contributed by atoms with Gasteiger partial charge in [-0.2, -0.15) is 0 Å². The highest BCUT2D eigenvalue weighted by molar-refractivity contribution is 7.96. The Bertz CT molecular complexity index is 1670. The van der Waals surface area contributed by atoms with Crippen molar-refractivity contribution >= 4 is 61.6 Å². The molecular formula is C24H13Cl2NO7S. The second-order valence-corrected chi connectivity index (χ2v) is 10.1. The zero-order valence-corrected chi connectivity index (χ0v) is 19.8. The number of allylic oxidation sites excluding steroid dienone is 1. The molecule has 0 aliphatic heterocycles. The summed E-state index contributed by atoms with van der Waals surface area (Å²) in [6.07, 6.45) is 1.96. The van der Waals surface area contributed by atoms with E-state index in [1.165, 1.54) is 42.5 Å². The van der Waals surface area contributed by atoms with Crippen LogP contribution in [-0.4, -0.2) is 19.1 Å². The topological polar surface area (TPSA) is 125 Å². The molecule has 8 nitrogen and oxygen atoms in total. The van der Waals surface area contributed by atoms with E-state index < -0.39 is 30.9 Å². The summed E-state index contributed by atoms with van der Waals surface area (Å²) in [6, 6.07) is 13.9. The van der Waals surface area contributed by atoms with E-state index in [1.54, 1.807) is 0 Å². The first kappa shape index (κ1) is 24.3. The van der Waals surface area contributed by atoms with Gasteiger partial charge in [0.1, 0.15) is 16.8 Å². The monoisotopic (exact) mass is 529 g/mol. The van der Waals surface area contributed by atoms with Gasteiger partial charge in [0, 0.05) is 27.7 Å². The number of rotatable bonds is 6. The van der Waals surface area contributed by atoms with Gasteiger partial charge in [0.25, 0.3) is 5.69 Å². The Kier molecular flexibility index (Phi) is 6.58. The van der Waals surface area contributed by atoms with Crippen LogP contribution in [0.25, 0.3) is 17.0 Å². The molecule has 0 fully saturated rings. The van der Waals surface area contributed by atoms with Crippen LogP contribution in [0.5, 0.6) is 0 Å². The zero-order valence-electron chi connectivity index (χ0n) is 17.5. The first-order valence-corrected chi connectivity index (χ1v) is 12.0.